The Labute approximate surface area is 116 Å². The number of aromatic carboxylic acids is 1. The summed E-state index contributed by atoms with van der Waals surface area (Å²) in [7, 11) is 0. The van der Waals surface area contributed by atoms with Gasteiger partial charge >= 0.3 is 5.97 Å². The zero-order valence-electron chi connectivity index (χ0n) is 10.6. The zero-order valence-corrected chi connectivity index (χ0v) is 10.6. The number of halogens is 2. The number of phenols is 1. The summed E-state index contributed by atoms with van der Waals surface area (Å²) in [5, 5.41) is 18.3. The van der Waals surface area contributed by atoms with E-state index in [1.165, 1.54) is 4.57 Å². The minimum atomic E-state index is -1.57. The molecule has 0 radical (unpaired) electrons. The van der Waals surface area contributed by atoms with Gasteiger partial charge in [-0.25, -0.2) is 9.18 Å². The summed E-state index contributed by atoms with van der Waals surface area (Å²) in [5.74, 6) is -5.67. The first-order valence-electron chi connectivity index (χ1n) is 6.12. The molecule has 8 heteroatoms. The Bertz CT molecular complexity index is 856. The highest BCUT2D eigenvalue weighted by atomic mass is 19.2. The van der Waals surface area contributed by atoms with E-state index in [1.54, 1.807) is 0 Å². The van der Waals surface area contributed by atoms with Crippen molar-refractivity contribution in [2.24, 2.45) is 0 Å². The van der Waals surface area contributed by atoms with Crippen LogP contribution < -0.4 is 11.2 Å². The average molecular weight is 296 g/mol. The highest BCUT2D eigenvalue weighted by Crippen LogP contribution is 2.41. The van der Waals surface area contributed by atoms with Gasteiger partial charge in [0.15, 0.2) is 11.6 Å². The lowest BCUT2D eigenvalue weighted by atomic mass is 10.1. The highest BCUT2D eigenvalue weighted by Gasteiger charge is 2.31. The van der Waals surface area contributed by atoms with Crippen molar-refractivity contribution in [2.45, 2.75) is 18.9 Å². The first-order valence-corrected chi connectivity index (χ1v) is 6.12. The maximum atomic E-state index is 13.6. The third kappa shape index (κ3) is 1.75. The van der Waals surface area contributed by atoms with Crippen LogP contribution in [-0.2, 0) is 0 Å². The van der Waals surface area contributed by atoms with Crippen LogP contribution in [0.3, 0.4) is 0 Å². The summed E-state index contributed by atoms with van der Waals surface area (Å²) in [4.78, 5) is 23.3. The van der Waals surface area contributed by atoms with Gasteiger partial charge < -0.3 is 20.5 Å². The molecule has 2 aromatic rings. The quantitative estimate of drug-likeness (QED) is 0.576. The molecule has 1 aromatic heterocycles. The van der Waals surface area contributed by atoms with Gasteiger partial charge in [-0.2, -0.15) is 4.39 Å². The lowest BCUT2D eigenvalue weighted by molar-refractivity contribution is 0.0695. The van der Waals surface area contributed by atoms with Crippen LogP contribution in [0, 0.1) is 11.6 Å². The molecule has 0 spiro atoms. The van der Waals surface area contributed by atoms with Crippen molar-refractivity contribution in [1.29, 1.82) is 0 Å². The second kappa shape index (κ2) is 4.18. The molecule has 6 nitrogen and oxygen atoms in total. The van der Waals surface area contributed by atoms with Gasteiger partial charge in [-0.05, 0) is 12.8 Å². The van der Waals surface area contributed by atoms with Gasteiger partial charge in [0.2, 0.25) is 11.2 Å². The Balaban J connectivity index is 2.59. The molecule has 0 bridgehead atoms. The van der Waals surface area contributed by atoms with Gasteiger partial charge in [-0.3, -0.25) is 4.79 Å². The minimum absolute atomic E-state index is 0.179. The number of aromatic nitrogens is 1. The van der Waals surface area contributed by atoms with Crippen LogP contribution in [0.15, 0.2) is 11.0 Å². The number of nitrogen functional groups attached to an aromatic ring is 1. The number of carboxylic acids is 1. The topological polar surface area (TPSA) is 106 Å². The summed E-state index contributed by atoms with van der Waals surface area (Å²) >= 11 is 0. The molecule has 1 saturated carbocycles. The van der Waals surface area contributed by atoms with Crippen LogP contribution in [0.2, 0.25) is 0 Å². The van der Waals surface area contributed by atoms with E-state index in [4.69, 9.17) is 10.8 Å². The van der Waals surface area contributed by atoms with Gasteiger partial charge in [0.1, 0.15) is 11.1 Å². The molecule has 0 amide bonds. The molecular formula is C13H10F2N2O4. The van der Waals surface area contributed by atoms with Crippen LogP contribution in [0.1, 0.15) is 29.2 Å². The number of phenolic OH excluding ortho intramolecular Hbond substituents is 1. The summed E-state index contributed by atoms with van der Waals surface area (Å²) in [6.45, 7) is 0. The number of nitrogens with zero attached hydrogens (tertiary/aromatic N) is 1. The van der Waals surface area contributed by atoms with E-state index in [2.05, 4.69) is 0 Å². The number of hydrogen-bond acceptors (Lipinski definition) is 4. The van der Waals surface area contributed by atoms with Gasteiger partial charge in [-0.15, -0.1) is 0 Å². The number of aromatic hydroxyl groups is 1. The second-order valence-corrected chi connectivity index (χ2v) is 4.93. The largest absolute Gasteiger partial charge is 0.503 e. The first kappa shape index (κ1) is 13.3. The Morgan fingerprint density at radius 1 is 1.33 bits per heavy atom. The number of fused-ring (bicyclic) bond motifs is 1. The molecule has 1 aromatic carbocycles. The number of carboxylic acid groups (broad SMARTS) is 1. The van der Waals surface area contributed by atoms with Gasteiger partial charge in [0, 0.05) is 12.2 Å². The lowest BCUT2D eigenvalue weighted by Crippen LogP contribution is -2.20. The number of pyridine rings is 1. The molecule has 110 valence electrons. The van der Waals surface area contributed by atoms with E-state index in [1.807, 2.05) is 0 Å². The van der Waals surface area contributed by atoms with E-state index in [-0.39, 0.29) is 11.6 Å². The monoisotopic (exact) mass is 296 g/mol. The SMILES string of the molecule is Nc1c(F)c(F)c(O)c2c1c(=O)c(C(=O)O)cn2C1CC1. The van der Waals surface area contributed by atoms with Crippen molar-refractivity contribution in [1.82, 2.24) is 4.57 Å². The number of hydrogen-bond donors (Lipinski definition) is 3. The average Bonchev–Trinajstić information content (AvgIpc) is 3.26. The summed E-state index contributed by atoms with van der Waals surface area (Å²) in [6.07, 6.45) is 2.38. The highest BCUT2D eigenvalue weighted by molar-refractivity contribution is 5.99. The summed E-state index contributed by atoms with van der Waals surface area (Å²) in [6, 6.07) is -0.179. The van der Waals surface area contributed by atoms with E-state index in [0.717, 1.165) is 6.20 Å². The Hall–Kier alpha value is -2.64. The predicted molar refractivity (Wildman–Crippen MR) is 69.4 cm³/mol. The second-order valence-electron chi connectivity index (χ2n) is 4.93. The molecule has 0 aliphatic heterocycles. The molecule has 0 unspecified atom stereocenters. The fraction of sp³-hybridized carbons (Fsp3) is 0.231. The van der Waals surface area contributed by atoms with Crippen molar-refractivity contribution in [3.8, 4) is 5.75 Å². The summed E-state index contributed by atoms with van der Waals surface area (Å²) < 4.78 is 28.5. The molecule has 3 rings (SSSR count). The third-order valence-corrected chi connectivity index (χ3v) is 3.54. The minimum Gasteiger partial charge on any atom is -0.503 e. The Morgan fingerprint density at radius 2 is 1.95 bits per heavy atom. The number of carbonyl (C=O) groups is 1. The lowest BCUT2D eigenvalue weighted by Gasteiger charge is -2.15. The normalized spacial score (nSPS) is 14.6. The molecule has 0 saturated heterocycles. The molecule has 0 atom stereocenters. The molecular weight excluding hydrogens is 286 g/mol. The van der Waals surface area contributed by atoms with Crippen LogP contribution in [-0.4, -0.2) is 20.7 Å². The third-order valence-electron chi connectivity index (χ3n) is 3.54. The zero-order chi connectivity index (χ0) is 15.5. The molecule has 1 heterocycles. The van der Waals surface area contributed by atoms with Crippen LogP contribution in [0.4, 0.5) is 14.5 Å². The standard InChI is InChI=1S/C13H10F2N2O4/c14-7-8(15)12(19)10-6(9(7)16)11(18)5(13(20)21)3-17(10)4-1-2-4/h3-4,19H,1-2,16H2,(H,20,21). The number of nitrogens with two attached hydrogens (primary N) is 1. The fourth-order valence-corrected chi connectivity index (χ4v) is 2.35. The summed E-state index contributed by atoms with van der Waals surface area (Å²) in [5.41, 5.74) is 2.68. The van der Waals surface area contributed by atoms with Crippen molar-refractivity contribution in [2.75, 3.05) is 5.73 Å². The fourth-order valence-electron chi connectivity index (χ4n) is 2.35. The van der Waals surface area contributed by atoms with Crippen molar-refractivity contribution >= 4 is 22.6 Å². The van der Waals surface area contributed by atoms with Crippen LogP contribution >= 0.6 is 0 Å². The van der Waals surface area contributed by atoms with Gasteiger partial charge in [0.25, 0.3) is 0 Å². The van der Waals surface area contributed by atoms with Crippen LogP contribution in [0.25, 0.3) is 10.9 Å². The van der Waals surface area contributed by atoms with Crippen LogP contribution in [0.5, 0.6) is 5.75 Å². The number of benzene rings is 1. The van der Waals surface area contributed by atoms with Crippen molar-refractivity contribution < 1.29 is 23.8 Å². The number of rotatable bonds is 2. The molecule has 4 N–H and O–H groups in total. The van der Waals surface area contributed by atoms with Crippen molar-refractivity contribution in [3.05, 3.63) is 33.6 Å². The maximum Gasteiger partial charge on any atom is 0.341 e. The molecule has 1 aliphatic rings. The van der Waals surface area contributed by atoms with E-state index in [9.17, 15) is 23.5 Å². The van der Waals surface area contributed by atoms with E-state index < -0.39 is 45.4 Å². The van der Waals surface area contributed by atoms with E-state index in [0.29, 0.717) is 12.8 Å². The first-order chi connectivity index (χ1) is 9.84. The Morgan fingerprint density at radius 3 is 2.48 bits per heavy atom. The van der Waals surface area contributed by atoms with E-state index >= 15 is 0 Å². The molecule has 1 fully saturated rings. The predicted octanol–water partition coefficient (Wildman–Crippen LogP) is 1.60. The van der Waals surface area contributed by atoms with Gasteiger partial charge in [-0.1, -0.05) is 0 Å². The molecule has 21 heavy (non-hydrogen) atoms. The van der Waals surface area contributed by atoms with Crippen molar-refractivity contribution in [3.63, 3.8) is 0 Å². The Kier molecular flexibility index (Phi) is 2.65. The maximum absolute atomic E-state index is 13.6. The van der Waals surface area contributed by atoms with Gasteiger partial charge in [0.05, 0.1) is 11.1 Å². The molecule has 1 aliphatic carbocycles. The smallest absolute Gasteiger partial charge is 0.341 e. The number of anilines is 1.